The molecule has 0 aromatic heterocycles. The highest BCUT2D eigenvalue weighted by atomic mass is 16.6. The van der Waals surface area contributed by atoms with Crippen molar-refractivity contribution in [2.45, 2.75) is 48.0 Å². The summed E-state index contributed by atoms with van der Waals surface area (Å²) < 4.78 is 26.4. The van der Waals surface area contributed by atoms with E-state index < -0.39 is 0 Å². The van der Waals surface area contributed by atoms with Crippen molar-refractivity contribution in [1.82, 2.24) is 0 Å². The number of ether oxygens (including phenoxy) is 5. The number of carbonyl (C=O) groups is 1. The first-order valence-electron chi connectivity index (χ1n) is 9.47. The maximum atomic E-state index is 12.4. The molecule has 0 spiro atoms. The number of rotatable bonds is 14. The van der Waals surface area contributed by atoms with Crippen LogP contribution in [-0.4, -0.2) is 65.9 Å². The van der Waals surface area contributed by atoms with Gasteiger partial charge in [0.15, 0.2) is 0 Å². The molecule has 0 aliphatic carbocycles. The minimum atomic E-state index is -0.138. The van der Waals surface area contributed by atoms with E-state index in [2.05, 4.69) is 41.5 Å². The highest BCUT2D eigenvalue weighted by molar-refractivity contribution is 5.73. The van der Waals surface area contributed by atoms with Gasteiger partial charge in [-0.15, -0.1) is 0 Å². The van der Waals surface area contributed by atoms with Crippen LogP contribution in [0.4, 0.5) is 0 Å². The smallest absolute Gasteiger partial charge is 0.309 e. The molecule has 0 aliphatic heterocycles. The second-order valence-electron chi connectivity index (χ2n) is 8.68. The van der Waals surface area contributed by atoms with Gasteiger partial charge in [-0.25, -0.2) is 0 Å². The predicted octanol–water partition coefficient (Wildman–Crippen LogP) is 3.32. The van der Waals surface area contributed by atoms with E-state index in [1.807, 2.05) is 0 Å². The molecule has 0 saturated heterocycles. The van der Waals surface area contributed by atoms with Crippen molar-refractivity contribution in [2.24, 2.45) is 16.7 Å². The lowest BCUT2D eigenvalue weighted by Crippen LogP contribution is -2.34. The quantitative estimate of drug-likeness (QED) is 0.342. The molecule has 26 heavy (non-hydrogen) atoms. The largest absolute Gasteiger partial charge is 0.463 e. The lowest BCUT2D eigenvalue weighted by atomic mass is 9.72. The van der Waals surface area contributed by atoms with Gasteiger partial charge < -0.3 is 23.7 Å². The van der Waals surface area contributed by atoms with E-state index in [1.54, 1.807) is 7.11 Å². The van der Waals surface area contributed by atoms with Gasteiger partial charge >= 0.3 is 5.97 Å². The van der Waals surface area contributed by atoms with Crippen molar-refractivity contribution < 1.29 is 28.5 Å². The molecular weight excluding hydrogens is 336 g/mol. The average molecular weight is 377 g/mol. The van der Waals surface area contributed by atoms with Crippen LogP contribution in [0, 0.1) is 16.7 Å². The SMILES string of the molecule is COCCOCCOCCOCCOC(=O)C(CC(C)(C)C)C(C)(C)C. The number of esters is 1. The molecule has 6 nitrogen and oxygen atoms in total. The van der Waals surface area contributed by atoms with Crippen molar-refractivity contribution in [1.29, 1.82) is 0 Å². The zero-order valence-corrected chi connectivity index (χ0v) is 17.9. The van der Waals surface area contributed by atoms with Gasteiger partial charge in [-0.05, 0) is 17.3 Å². The Bertz CT molecular complexity index is 356. The molecule has 156 valence electrons. The fraction of sp³-hybridized carbons (Fsp3) is 0.950. The maximum Gasteiger partial charge on any atom is 0.309 e. The monoisotopic (exact) mass is 376 g/mol. The molecule has 0 aromatic carbocycles. The Balaban J connectivity index is 3.77. The highest BCUT2D eigenvalue weighted by Gasteiger charge is 2.35. The third-order valence-corrected chi connectivity index (χ3v) is 3.79. The number of methoxy groups -OCH3 is 1. The molecule has 0 rings (SSSR count). The van der Waals surface area contributed by atoms with E-state index in [4.69, 9.17) is 23.7 Å². The number of hydrogen-bond donors (Lipinski definition) is 0. The summed E-state index contributed by atoms with van der Waals surface area (Å²) in [5, 5.41) is 0. The summed E-state index contributed by atoms with van der Waals surface area (Å²) in [5.74, 6) is -0.260. The second-order valence-corrected chi connectivity index (χ2v) is 8.68. The van der Waals surface area contributed by atoms with E-state index in [1.165, 1.54) is 0 Å². The van der Waals surface area contributed by atoms with Crippen LogP contribution in [0.25, 0.3) is 0 Å². The summed E-state index contributed by atoms with van der Waals surface area (Å²) in [4.78, 5) is 12.4. The first-order chi connectivity index (χ1) is 12.1. The summed E-state index contributed by atoms with van der Waals surface area (Å²) >= 11 is 0. The van der Waals surface area contributed by atoms with Gasteiger partial charge in [0.2, 0.25) is 0 Å². The lowest BCUT2D eigenvalue weighted by molar-refractivity contribution is -0.155. The Labute approximate surface area is 159 Å². The maximum absolute atomic E-state index is 12.4. The van der Waals surface area contributed by atoms with Crippen molar-refractivity contribution in [3.05, 3.63) is 0 Å². The molecule has 0 amide bonds. The molecule has 1 atom stereocenters. The summed E-state index contributed by atoms with van der Waals surface area (Å²) in [6.45, 7) is 16.5. The molecule has 0 bridgehead atoms. The molecule has 0 fully saturated rings. The minimum absolute atomic E-state index is 0.0814. The van der Waals surface area contributed by atoms with E-state index >= 15 is 0 Å². The zero-order chi connectivity index (χ0) is 20.1. The Morgan fingerprint density at radius 1 is 0.731 bits per heavy atom. The molecular formula is C20H40O6. The minimum Gasteiger partial charge on any atom is -0.463 e. The van der Waals surface area contributed by atoms with E-state index in [0.717, 1.165) is 6.42 Å². The first-order valence-corrected chi connectivity index (χ1v) is 9.47. The molecule has 0 N–H and O–H groups in total. The first kappa shape index (κ1) is 25.3. The Morgan fingerprint density at radius 3 is 1.54 bits per heavy atom. The van der Waals surface area contributed by atoms with Gasteiger partial charge in [-0.1, -0.05) is 41.5 Å². The van der Waals surface area contributed by atoms with Crippen LogP contribution in [0.1, 0.15) is 48.0 Å². The zero-order valence-electron chi connectivity index (χ0n) is 17.9. The third kappa shape index (κ3) is 14.5. The standard InChI is InChI=1S/C20H40O6/c1-19(2,3)16-17(20(4,5)6)18(21)26-15-14-25-13-12-24-11-10-23-9-8-22-7/h17H,8-16H2,1-7H3. The summed E-state index contributed by atoms with van der Waals surface area (Å²) in [6.07, 6.45) is 0.802. The third-order valence-electron chi connectivity index (χ3n) is 3.79. The Kier molecular flexibility index (Phi) is 13.1. The Hall–Kier alpha value is -0.690. The van der Waals surface area contributed by atoms with Gasteiger partial charge in [-0.2, -0.15) is 0 Å². The van der Waals surface area contributed by atoms with E-state index in [-0.39, 0.29) is 29.3 Å². The van der Waals surface area contributed by atoms with Crippen molar-refractivity contribution in [3.8, 4) is 0 Å². The predicted molar refractivity (Wildman–Crippen MR) is 102 cm³/mol. The van der Waals surface area contributed by atoms with Gasteiger partial charge in [0, 0.05) is 7.11 Å². The topological polar surface area (TPSA) is 63.2 Å². The molecule has 1 unspecified atom stereocenters. The lowest BCUT2D eigenvalue weighted by Gasteiger charge is -2.33. The molecule has 0 radical (unpaired) electrons. The van der Waals surface area contributed by atoms with Gasteiger partial charge in [0.25, 0.3) is 0 Å². The van der Waals surface area contributed by atoms with Gasteiger partial charge in [0.05, 0.1) is 52.2 Å². The molecule has 0 saturated carbocycles. The van der Waals surface area contributed by atoms with Crippen molar-refractivity contribution in [3.63, 3.8) is 0 Å². The van der Waals surface area contributed by atoms with Crippen LogP contribution in [0.3, 0.4) is 0 Å². The van der Waals surface area contributed by atoms with Crippen molar-refractivity contribution >= 4 is 5.97 Å². The number of hydrogen-bond acceptors (Lipinski definition) is 6. The molecule has 6 heteroatoms. The van der Waals surface area contributed by atoms with Crippen LogP contribution in [-0.2, 0) is 28.5 Å². The fourth-order valence-corrected chi connectivity index (χ4v) is 2.34. The van der Waals surface area contributed by atoms with Crippen LogP contribution in [0.15, 0.2) is 0 Å². The Morgan fingerprint density at radius 2 is 1.15 bits per heavy atom. The second kappa shape index (κ2) is 13.5. The number of carbonyl (C=O) groups excluding carboxylic acids is 1. The van der Waals surface area contributed by atoms with Crippen molar-refractivity contribution in [2.75, 3.05) is 60.0 Å². The summed E-state index contributed by atoms with van der Waals surface area (Å²) in [7, 11) is 1.64. The van der Waals surface area contributed by atoms with E-state index in [0.29, 0.717) is 46.2 Å². The summed E-state index contributed by atoms with van der Waals surface area (Å²) in [5.41, 5.74) is -0.0392. The molecule has 0 aliphatic rings. The van der Waals surface area contributed by atoms with Crippen LogP contribution in [0.2, 0.25) is 0 Å². The van der Waals surface area contributed by atoms with Crippen LogP contribution in [0.5, 0.6) is 0 Å². The van der Waals surface area contributed by atoms with Gasteiger partial charge in [-0.3, -0.25) is 4.79 Å². The average Bonchev–Trinajstić information content (AvgIpc) is 2.51. The van der Waals surface area contributed by atoms with E-state index in [9.17, 15) is 4.79 Å². The van der Waals surface area contributed by atoms with Crippen LogP contribution >= 0.6 is 0 Å². The van der Waals surface area contributed by atoms with Crippen LogP contribution < -0.4 is 0 Å². The van der Waals surface area contributed by atoms with Gasteiger partial charge in [0.1, 0.15) is 6.61 Å². The molecule has 0 aromatic rings. The summed E-state index contributed by atoms with van der Waals surface area (Å²) in [6, 6.07) is 0. The highest BCUT2D eigenvalue weighted by Crippen LogP contribution is 2.36. The fourth-order valence-electron chi connectivity index (χ4n) is 2.34. The molecule has 0 heterocycles. The normalized spacial score (nSPS) is 13.7.